The molecule has 0 aromatic heterocycles. The molecule has 0 fully saturated rings. The van der Waals surface area contributed by atoms with Crippen molar-refractivity contribution < 1.29 is 4.74 Å². The first kappa shape index (κ1) is 8.38. The van der Waals surface area contributed by atoms with Gasteiger partial charge in [0.25, 0.3) is 0 Å². The Labute approximate surface area is 77.7 Å². The molecule has 1 heterocycles. The maximum atomic E-state index is 5.77. The van der Waals surface area contributed by atoms with Crippen LogP contribution in [0.5, 0.6) is 5.75 Å². The van der Waals surface area contributed by atoms with Crippen LogP contribution < -0.4 is 16.2 Å². The SMILES string of the molecule is NCC1COc2c(N)cccc2C1. The molecule has 0 aliphatic carbocycles. The van der Waals surface area contributed by atoms with Crippen molar-refractivity contribution in [3.05, 3.63) is 23.8 Å². The van der Waals surface area contributed by atoms with Crippen molar-refractivity contribution in [1.82, 2.24) is 0 Å². The van der Waals surface area contributed by atoms with E-state index < -0.39 is 0 Å². The number of hydrogen-bond donors (Lipinski definition) is 2. The molecule has 13 heavy (non-hydrogen) atoms. The van der Waals surface area contributed by atoms with Crippen molar-refractivity contribution in [1.29, 1.82) is 0 Å². The van der Waals surface area contributed by atoms with Gasteiger partial charge in [0.15, 0.2) is 0 Å². The van der Waals surface area contributed by atoms with Gasteiger partial charge in [0, 0.05) is 5.92 Å². The second kappa shape index (κ2) is 3.26. The van der Waals surface area contributed by atoms with Gasteiger partial charge < -0.3 is 16.2 Å². The zero-order valence-corrected chi connectivity index (χ0v) is 7.49. The average molecular weight is 178 g/mol. The van der Waals surface area contributed by atoms with Crippen LogP contribution in [0.15, 0.2) is 18.2 Å². The summed E-state index contributed by atoms with van der Waals surface area (Å²) >= 11 is 0. The lowest BCUT2D eigenvalue weighted by atomic mass is 9.96. The van der Waals surface area contributed by atoms with E-state index in [0.29, 0.717) is 19.1 Å². The molecule has 1 unspecified atom stereocenters. The highest BCUT2D eigenvalue weighted by Gasteiger charge is 2.19. The summed E-state index contributed by atoms with van der Waals surface area (Å²) in [4.78, 5) is 0. The summed E-state index contributed by atoms with van der Waals surface area (Å²) in [5.74, 6) is 1.29. The van der Waals surface area contributed by atoms with Gasteiger partial charge in [0.2, 0.25) is 0 Å². The van der Waals surface area contributed by atoms with Crippen LogP contribution in [0.1, 0.15) is 5.56 Å². The van der Waals surface area contributed by atoms with Crippen LogP contribution in [0, 0.1) is 5.92 Å². The van der Waals surface area contributed by atoms with Crippen molar-refractivity contribution in [3.63, 3.8) is 0 Å². The van der Waals surface area contributed by atoms with Crippen LogP contribution in [0.25, 0.3) is 0 Å². The predicted octanol–water partition coefficient (Wildman–Crippen LogP) is 0.779. The van der Waals surface area contributed by atoms with Crippen LogP contribution in [-0.2, 0) is 6.42 Å². The standard InChI is InChI=1S/C10H14N2O/c11-5-7-4-8-2-1-3-9(12)10(8)13-6-7/h1-3,7H,4-6,11-12H2. The van der Waals surface area contributed by atoms with Crippen LogP contribution in [0.2, 0.25) is 0 Å². The van der Waals surface area contributed by atoms with Gasteiger partial charge in [-0.05, 0) is 24.6 Å². The lowest BCUT2D eigenvalue weighted by molar-refractivity contribution is 0.228. The number of fused-ring (bicyclic) bond motifs is 1. The first-order valence-corrected chi connectivity index (χ1v) is 4.51. The second-order valence-electron chi connectivity index (χ2n) is 3.45. The van der Waals surface area contributed by atoms with Gasteiger partial charge in [0.05, 0.1) is 12.3 Å². The summed E-state index contributed by atoms with van der Waals surface area (Å²) < 4.78 is 5.55. The molecule has 2 rings (SSSR count). The van der Waals surface area contributed by atoms with Gasteiger partial charge in [-0.1, -0.05) is 12.1 Å². The maximum absolute atomic E-state index is 5.77. The Morgan fingerprint density at radius 2 is 2.31 bits per heavy atom. The summed E-state index contributed by atoms with van der Waals surface area (Å²) in [5.41, 5.74) is 13.3. The van der Waals surface area contributed by atoms with Crippen molar-refractivity contribution in [2.24, 2.45) is 11.7 Å². The highest BCUT2D eigenvalue weighted by atomic mass is 16.5. The van der Waals surface area contributed by atoms with E-state index >= 15 is 0 Å². The summed E-state index contributed by atoms with van der Waals surface area (Å²) in [7, 11) is 0. The zero-order valence-electron chi connectivity index (χ0n) is 7.49. The predicted molar refractivity (Wildman–Crippen MR) is 52.6 cm³/mol. The van der Waals surface area contributed by atoms with Crippen LogP contribution in [-0.4, -0.2) is 13.2 Å². The summed E-state index contributed by atoms with van der Waals surface area (Å²) in [5, 5.41) is 0. The molecule has 1 aromatic carbocycles. The Bertz CT molecular complexity index is 312. The van der Waals surface area contributed by atoms with Gasteiger partial charge in [-0.25, -0.2) is 0 Å². The van der Waals surface area contributed by atoms with E-state index in [0.717, 1.165) is 17.9 Å². The average Bonchev–Trinajstić information content (AvgIpc) is 2.18. The number of nitrogens with two attached hydrogens (primary N) is 2. The van der Waals surface area contributed by atoms with Gasteiger partial charge in [-0.15, -0.1) is 0 Å². The lowest BCUT2D eigenvalue weighted by Gasteiger charge is -2.25. The molecule has 3 nitrogen and oxygen atoms in total. The minimum Gasteiger partial charge on any atom is -0.491 e. The summed E-state index contributed by atoms with van der Waals surface area (Å²) in [6, 6.07) is 5.87. The van der Waals surface area contributed by atoms with E-state index in [-0.39, 0.29) is 0 Å². The molecule has 1 atom stereocenters. The first-order valence-electron chi connectivity index (χ1n) is 4.51. The summed E-state index contributed by atoms with van der Waals surface area (Å²) in [6.07, 6.45) is 0.983. The minimum absolute atomic E-state index is 0.439. The fraction of sp³-hybridized carbons (Fsp3) is 0.400. The van der Waals surface area contributed by atoms with Gasteiger partial charge in [0.1, 0.15) is 5.75 Å². The van der Waals surface area contributed by atoms with Crippen molar-refractivity contribution in [2.75, 3.05) is 18.9 Å². The van der Waals surface area contributed by atoms with E-state index in [2.05, 4.69) is 0 Å². The molecule has 70 valence electrons. The van der Waals surface area contributed by atoms with E-state index in [1.54, 1.807) is 0 Å². The van der Waals surface area contributed by atoms with Gasteiger partial charge in [-0.3, -0.25) is 0 Å². The van der Waals surface area contributed by atoms with Crippen molar-refractivity contribution in [2.45, 2.75) is 6.42 Å². The van der Waals surface area contributed by atoms with E-state index in [1.807, 2.05) is 18.2 Å². The Balaban J connectivity index is 2.31. The topological polar surface area (TPSA) is 61.3 Å². The minimum atomic E-state index is 0.439. The molecular formula is C10H14N2O. The molecule has 3 heteroatoms. The fourth-order valence-corrected chi connectivity index (χ4v) is 1.66. The zero-order chi connectivity index (χ0) is 9.26. The number of benzene rings is 1. The number of ether oxygens (including phenoxy) is 1. The normalized spacial score (nSPS) is 20.5. The third kappa shape index (κ3) is 1.47. The second-order valence-corrected chi connectivity index (χ2v) is 3.45. The third-order valence-electron chi connectivity index (χ3n) is 2.43. The molecule has 0 bridgehead atoms. The first-order chi connectivity index (χ1) is 6.31. The molecule has 1 aromatic rings. The van der Waals surface area contributed by atoms with Gasteiger partial charge >= 0.3 is 0 Å². The largest absolute Gasteiger partial charge is 0.491 e. The Morgan fingerprint density at radius 1 is 1.46 bits per heavy atom. The van der Waals surface area contributed by atoms with Crippen LogP contribution in [0.3, 0.4) is 0 Å². The fourth-order valence-electron chi connectivity index (χ4n) is 1.66. The lowest BCUT2D eigenvalue weighted by Crippen LogP contribution is -2.27. The van der Waals surface area contributed by atoms with E-state index in [4.69, 9.17) is 16.2 Å². The van der Waals surface area contributed by atoms with Crippen LogP contribution >= 0.6 is 0 Å². The number of hydrogen-bond acceptors (Lipinski definition) is 3. The molecule has 0 saturated carbocycles. The monoisotopic (exact) mass is 178 g/mol. The van der Waals surface area contributed by atoms with Gasteiger partial charge in [-0.2, -0.15) is 0 Å². The number of para-hydroxylation sites is 1. The molecule has 0 radical (unpaired) electrons. The Hall–Kier alpha value is -1.22. The van der Waals surface area contributed by atoms with E-state index in [9.17, 15) is 0 Å². The summed E-state index contributed by atoms with van der Waals surface area (Å²) in [6.45, 7) is 1.37. The molecule has 0 spiro atoms. The van der Waals surface area contributed by atoms with E-state index in [1.165, 1.54) is 5.56 Å². The molecule has 0 amide bonds. The number of rotatable bonds is 1. The molecule has 4 N–H and O–H groups in total. The number of anilines is 1. The molecule has 1 aliphatic heterocycles. The Kier molecular flexibility index (Phi) is 2.10. The maximum Gasteiger partial charge on any atom is 0.145 e. The number of nitrogen functional groups attached to an aromatic ring is 1. The van der Waals surface area contributed by atoms with Crippen LogP contribution in [0.4, 0.5) is 5.69 Å². The molecule has 0 saturated heterocycles. The molecular weight excluding hydrogens is 164 g/mol. The highest BCUT2D eigenvalue weighted by molar-refractivity contribution is 5.57. The quantitative estimate of drug-likeness (QED) is 0.625. The highest BCUT2D eigenvalue weighted by Crippen LogP contribution is 2.32. The van der Waals surface area contributed by atoms with Crippen molar-refractivity contribution >= 4 is 5.69 Å². The Morgan fingerprint density at radius 3 is 3.08 bits per heavy atom. The van der Waals surface area contributed by atoms with Crippen molar-refractivity contribution in [3.8, 4) is 5.75 Å². The molecule has 1 aliphatic rings. The smallest absolute Gasteiger partial charge is 0.145 e. The third-order valence-corrected chi connectivity index (χ3v) is 2.43.